The monoisotopic (exact) mass is 464 g/mol. The Balaban J connectivity index is 1.57. The Hall–Kier alpha value is -2.84. The SMILES string of the molecule is CC1c2c(Cl)cc(Cl)cc2CCN1C(=O)CNc1cc2c(cc1F)c(=O)[nH]c(=O)n2C. The van der Waals surface area contributed by atoms with Gasteiger partial charge in [0.1, 0.15) is 5.82 Å². The van der Waals surface area contributed by atoms with Crippen molar-refractivity contribution >= 4 is 45.7 Å². The molecule has 0 radical (unpaired) electrons. The van der Waals surface area contributed by atoms with Crippen molar-refractivity contribution in [1.29, 1.82) is 0 Å². The number of hydrogen-bond donors (Lipinski definition) is 2. The fourth-order valence-corrected chi connectivity index (χ4v) is 4.72. The highest BCUT2D eigenvalue weighted by molar-refractivity contribution is 6.35. The molecule has 0 saturated heterocycles. The molecule has 31 heavy (non-hydrogen) atoms. The van der Waals surface area contributed by atoms with Gasteiger partial charge >= 0.3 is 5.69 Å². The van der Waals surface area contributed by atoms with Gasteiger partial charge in [0.15, 0.2) is 0 Å². The van der Waals surface area contributed by atoms with E-state index in [1.807, 2.05) is 13.0 Å². The zero-order chi connectivity index (χ0) is 22.4. The van der Waals surface area contributed by atoms with Crippen molar-refractivity contribution in [3.63, 3.8) is 0 Å². The maximum atomic E-state index is 14.5. The quantitative estimate of drug-likeness (QED) is 0.622. The van der Waals surface area contributed by atoms with Gasteiger partial charge in [0.25, 0.3) is 5.56 Å². The van der Waals surface area contributed by atoms with Crippen LogP contribution in [0.15, 0.2) is 33.9 Å². The van der Waals surface area contributed by atoms with E-state index in [1.54, 1.807) is 11.0 Å². The molecule has 1 amide bonds. The predicted octanol–water partition coefficient (Wildman–Crippen LogP) is 3.23. The molecule has 0 bridgehead atoms. The van der Waals surface area contributed by atoms with Crippen molar-refractivity contribution in [3.8, 4) is 0 Å². The van der Waals surface area contributed by atoms with Gasteiger partial charge in [0, 0.05) is 23.6 Å². The summed E-state index contributed by atoms with van der Waals surface area (Å²) in [4.78, 5) is 40.4. The molecule has 1 aliphatic rings. The molecule has 0 spiro atoms. The summed E-state index contributed by atoms with van der Waals surface area (Å²) < 4.78 is 15.7. The maximum absolute atomic E-state index is 14.5. The number of carbonyl (C=O) groups excluding carboxylic acids is 1. The second-order valence-corrected chi connectivity index (χ2v) is 8.34. The molecule has 1 aromatic heterocycles. The number of nitrogens with zero attached hydrogens (tertiary/aromatic N) is 2. The molecule has 2 heterocycles. The highest BCUT2D eigenvalue weighted by Crippen LogP contribution is 2.37. The third kappa shape index (κ3) is 3.81. The summed E-state index contributed by atoms with van der Waals surface area (Å²) in [6.45, 7) is 2.20. The summed E-state index contributed by atoms with van der Waals surface area (Å²) in [7, 11) is 1.47. The Morgan fingerprint density at radius 3 is 2.74 bits per heavy atom. The zero-order valence-electron chi connectivity index (χ0n) is 16.8. The number of carbonyl (C=O) groups is 1. The average Bonchev–Trinajstić information content (AvgIpc) is 2.70. The lowest BCUT2D eigenvalue weighted by molar-refractivity contribution is -0.131. The zero-order valence-corrected chi connectivity index (χ0v) is 18.3. The molecule has 3 aromatic rings. The number of aromatic amines is 1. The van der Waals surface area contributed by atoms with Crippen LogP contribution in [-0.2, 0) is 18.3 Å². The van der Waals surface area contributed by atoms with Gasteiger partial charge in [-0.1, -0.05) is 23.2 Å². The lowest BCUT2D eigenvalue weighted by atomic mass is 9.93. The first-order valence-electron chi connectivity index (χ1n) is 9.61. The Morgan fingerprint density at radius 2 is 2.00 bits per heavy atom. The number of anilines is 1. The summed E-state index contributed by atoms with van der Waals surface area (Å²) in [5.74, 6) is -0.928. The normalized spacial score (nSPS) is 15.8. The fraction of sp³-hybridized carbons (Fsp3) is 0.286. The van der Waals surface area contributed by atoms with Crippen LogP contribution in [0, 0.1) is 5.82 Å². The van der Waals surface area contributed by atoms with Crippen LogP contribution >= 0.6 is 23.2 Å². The summed E-state index contributed by atoms with van der Waals surface area (Å²) in [5, 5.41) is 3.90. The number of benzene rings is 2. The lowest BCUT2D eigenvalue weighted by Gasteiger charge is -2.36. The van der Waals surface area contributed by atoms with Gasteiger partial charge < -0.3 is 10.2 Å². The Kier molecular flexibility index (Phi) is 5.53. The molecular formula is C21H19Cl2FN4O3. The largest absolute Gasteiger partial charge is 0.374 e. The number of aryl methyl sites for hydroxylation is 1. The molecular weight excluding hydrogens is 446 g/mol. The average molecular weight is 465 g/mol. The topological polar surface area (TPSA) is 87.2 Å². The highest BCUT2D eigenvalue weighted by atomic mass is 35.5. The lowest BCUT2D eigenvalue weighted by Crippen LogP contribution is -2.42. The molecule has 2 N–H and O–H groups in total. The van der Waals surface area contributed by atoms with Crippen LogP contribution in [0.5, 0.6) is 0 Å². The van der Waals surface area contributed by atoms with Gasteiger partial charge in [0.2, 0.25) is 5.91 Å². The minimum Gasteiger partial charge on any atom is -0.374 e. The summed E-state index contributed by atoms with van der Waals surface area (Å²) in [6, 6.07) is 5.65. The molecule has 2 aromatic carbocycles. The minimum absolute atomic E-state index is 0.0244. The number of H-pyrrole nitrogens is 1. The van der Waals surface area contributed by atoms with E-state index in [0.29, 0.717) is 23.0 Å². The third-order valence-electron chi connectivity index (χ3n) is 5.65. The van der Waals surface area contributed by atoms with Gasteiger partial charge in [-0.2, -0.15) is 0 Å². The first-order valence-corrected chi connectivity index (χ1v) is 10.4. The molecule has 1 atom stereocenters. The van der Waals surface area contributed by atoms with E-state index in [4.69, 9.17) is 23.2 Å². The van der Waals surface area contributed by atoms with Crippen LogP contribution in [0.1, 0.15) is 24.1 Å². The van der Waals surface area contributed by atoms with E-state index in [2.05, 4.69) is 10.3 Å². The first-order chi connectivity index (χ1) is 14.7. The molecule has 162 valence electrons. The second kappa shape index (κ2) is 8.01. The van der Waals surface area contributed by atoms with E-state index in [0.717, 1.165) is 17.2 Å². The minimum atomic E-state index is -0.695. The van der Waals surface area contributed by atoms with E-state index >= 15 is 0 Å². The van der Waals surface area contributed by atoms with Crippen molar-refractivity contribution in [3.05, 3.63) is 72.1 Å². The van der Waals surface area contributed by atoms with Crippen LogP contribution in [0.3, 0.4) is 0 Å². The molecule has 0 fully saturated rings. The van der Waals surface area contributed by atoms with Crippen LogP contribution in [0.2, 0.25) is 10.0 Å². The highest BCUT2D eigenvalue weighted by Gasteiger charge is 2.29. The fourth-order valence-electron chi connectivity index (χ4n) is 4.03. The molecule has 0 saturated carbocycles. The number of nitrogens with one attached hydrogen (secondary N) is 2. The van der Waals surface area contributed by atoms with Gasteiger partial charge in [-0.3, -0.25) is 19.1 Å². The number of rotatable bonds is 3. The van der Waals surface area contributed by atoms with Gasteiger partial charge in [0.05, 0.1) is 29.2 Å². The number of hydrogen-bond acceptors (Lipinski definition) is 4. The van der Waals surface area contributed by atoms with Crippen LogP contribution in [0.4, 0.5) is 10.1 Å². The number of aromatic nitrogens is 2. The van der Waals surface area contributed by atoms with E-state index in [1.165, 1.54) is 17.7 Å². The van der Waals surface area contributed by atoms with Crippen molar-refractivity contribution in [2.24, 2.45) is 7.05 Å². The van der Waals surface area contributed by atoms with Crippen LogP contribution in [-0.4, -0.2) is 33.4 Å². The van der Waals surface area contributed by atoms with Crippen molar-refractivity contribution in [2.45, 2.75) is 19.4 Å². The van der Waals surface area contributed by atoms with Crippen molar-refractivity contribution in [1.82, 2.24) is 14.5 Å². The summed E-state index contributed by atoms with van der Waals surface area (Å²) in [5.41, 5.74) is 0.872. The number of amides is 1. The van der Waals surface area contributed by atoms with E-state index in [9.17, 15) is 18.8 Å². The summed E-state index contributed by atoms with van der Waals surface area (Å²) >= 11 is 12.4. The Bertz CT molecular complexity index is 1330. The standard InChI is InChI=1S/C21H19Cl2FN4O3/c1-10-19-11(5-12(22)6-14(19)23)3-4-28(10)18(29)9-25-16-8-17-13(7-15(16)24)20(30)26-21(31)27(17)2/h5-8,10,25H,3-4,9H2,1-2H3,(H,26,30,31). The number of halogens is 3. The predicted molar refractivity (Wildman–Crippen MR) is 119 cm³/mol. The summed E-state index contributed by atoms with van der Waals surface area (Å²) in [6.07, 6.45) is 0.612. The van der Waals surface area contributed by atoms with Crippen LogP contribution < -0.4 is 16.6 Å². The van der Waals surface area contributed by atoms with Gasteiger partial charge in [-0.05, 0) is 48.7 Å². The van der Waals surface area contributed by atoms with Crippen LogP contribution in [0.25, 0.3) is 10.9 Å². The number of fused-ring (bicyclic) bond motifs is 2. The van der Waals surface area contributed by atoms with Crippen molar-refractivity contribution < 1.29 is 9.18 Å². The molecule has 1 unspecified atom stereocenters. The second-order valence-electron chi connectivity index (χ2n) is 7.49. The Labute approximate surface area is 186 Å². The molecule has 1 aliphatic heterocycles. The first kappa shape index (κ1) is 21.4. The molecule has 7 nitrogen and oxygen atoms in total. The van der Waals surface area contributed by atoms with E-state index in [-0.39, 0.29) is 35.1 Å². The van der Waals surface area contributed by atoms with Crippen molar-refractivity contribution in [2.75, 3.05) is 18.4 Å². The molecule has 4 rings (SSSR count). The third-order valence-corrected chi connectivity index (χ3v) is 6.19. The van der Waals surface area contributed by atoms with Gasteiger partial charge in [-0.25, -0.2) is 9.18 Å². The molecule has 10 heteroatoms. The van der Waals surface area contributed by atoms with Gasteiger partial charge in [-0.15, -0.1) is 0 Å². The smallest absolute Gasteiger partial charge is 0.328 e. The maximum Gasteiger partial charge on any atom is 0.328 e. The van der Waals surface area contributed by atoms with E-state index < -0.39 is 17.1 Å². The Morgan fingerprint density at radius 1 is 1.26 bits per heavy atom. The molecule has 0 aliphatic carbocycles.